The van der Waals surface area contributed by atoms with Gasteiger partial charge in [-0.25, -0.2) is 9.78 Å². The topological polar surface area (TPSA) is 106 Å². The van der Waals surface area contributed by atoms with Crippen LogP contribution in [0.1, 0.15) is 26.4 Å². The molecule has 1 aromatic carbocycles. The Hall–Kier alpha value is -3.47. The standard InChI is InChI=1S/C16H14N4O4/c1-17-11-3-4-13(10(5-11)8-21)15(22)20-14(16(23)24-2)6-12-7-18-9-19-12/h1,3-5,7-9,14H,6H2,2H3,(H-,18,19,20,22)/p+1/t14-/m1/s1. The maximum Gasteiger partial charge on any atom is 0.340 e. The molecule has 0 saturated carbocycles. The van der Waals surface area contributed by atoms with Crippen molar-refractivity contribution in [2.75, 3.05) is 7.11 Å². The van der Waals surface area contributed by atoms with Gasteiger partial charge in [0.15, 0.2) is 6.29 Å². The summed E-state index contributed by atoms with van der Waals surface area (Å²) in [5.74, 6) is -1.20. The number of aromatic nitrogens is 2. The van der Waals surface area contributed by atoms with Crippen LogP contribution in [0, 0.1) is 6.57 Å². The summed E-state index contributed by atoms with van der Waals surface area (Å²) in [5, 5.41) is 2.55. The van der Waals surface area contributed by atoms with Crippen LogP contribution < -0.4 is 5.32 Å². The summed E-state index contributed by atoms with van der Waals surface area (Å²) >= 11 is 0. The molecule has 1 aromatic heterocycles. The average molecular weight is 327 g/mol. The molecule has 0 saturated heterocycles. The van der Waals surface area contributed by atoms with Crippen LogP contribution in [-0.2, 0) is 16.0 Å². The van der Waals surface area contributed by atoms with Gasteiger partial charge < -0.3 is 15.0 Å². The Balaban J connectivity index is 2.22. The van der Waals surface area contributed by atoms with E-state index in [9.17, 15) is 14.4 Å². The lowest BCUT2D eigenvalue weighted by Gasteiger charge is -2.16. The molecule has 2 aromatic rings. The van der Waals surface area contributed by atoms with Crippen molar-refractivity contribution in [3.63, 3.8) is 0 Å². The van der Waals surface area contributed by atoms with Crippen LogP contribution in [0.3, 0.4) is 0 Å². The number of aldehydes is 1. The highest BCUT2D eigenvalue weighted by atomic mass is 16.5. The van der Waals surface area contributed by atoms with Crippen LogP contribution in [0.15, 0.2) is 30.7 Å². The molecule has 2 N–H and O–H groups in total. The van der Waals surface area contributed by atoms with E-state index in [1.807, 2.05) is 0 Å². The summed E-state index contributed by atoms with van der Waals surface area (Å²) in [6.45, 7) is 5.15. The molecule has 0 aliphatic heterocycles. The molecule has 1 heterocycles. The number of carbonyl (C=O) groups excluding carboxylic acids is 3. The number of nitrogens with zero attached hydrogens (tertiary/aromatic N) is 2. The van der Waals surface area contributed by atoms with Gasteiger partial charge in [-0.1, -0.05) is 0 Å². The first kappa shape index (κ1) is 16.9. The number of nitrogens with one attached hydrogen (secondary N) is 2. The van der Waals surface area contributed by atoms with Crippen LogP contribution in [0.4, 0.5) is 5.69 Å². The zero-order valence-corrected chi connectivity index (χ0v) is 12.9. The second-order valence-electron chi connectivity index (χ2n) is 4.85. The molecule has 0 spiro atoms. The second-order valence-corrected chi connectivity index (χ2v) is 4.85. The number of hydrogen-bond donors (Lipinski definition) is 2. The fourth-order valence-corrected chi connectivity index (χ4v) is 2.12. The van der Waals surface area contributed by atoms with E-state index in [2.05, 4.69) is 20.1 Å². The van der Waals surface area contributed by atoms with Gasteiger partial charge in [0, 0.05) is 36.0 Å². The molecule has 0 radical (unpaired) electrons. The lowest BCUT2D eigenvalue weighted by atomic mass is 10.1. The molecular formula is C16H15N4O4+. The molecule has 1 amide bonds. The van der Waals surface area contributed by atoms with Gasteiger partial charge in [0.05, 0.1) is 19.0 Å². The first-order valence-electron chi connectivity index (χ1n) is 6.95. The van der Waals surface area contributed by atoms with Crippen molar-refractivity contribution in [3.8, 4) is 6.57 Å². The van der Waals surface area contributed by atoms with Crippen molar-refractivity contribution in [2.45, 2.75) is 12.5 Å². The minimum Gasteiger partial charge on any atom is -0.467 e. The maximum absolute atomic E-state index is 12.4. The predicted molar refractivity (Wildman–Crippen MR) is 85.4 cm³/mol. The Morgan fingerprint density at radius 3 is 2.88 bits per heavy atom. The van der Waals surface area contributed by atoms with Gasteiger partial charge in [-0.05, 0) is 10.9 Å². The summed E-state index contributed by atoms with van der Waals surface area (Å²) in [5.41, 5.74) is 1.23. The third-order valence-electron chi connectivity index (χ3n) is 3.33. The number of amides is 1. The molecule has 122 valence electrons. The van der Waals surface area contributed by atoms with E-state index in [0.29, 0.717) is 17.7 Å². The number of ether oxygens (including phenoxy) is 1. The van der Waals surface area contributed by atoms with E-state index >= 15 is 0 Å². The highest BCUT2D eigenvalue weighted by Crippen LogP contribution is 2.17. The SMILES string of the molecule is C#[N+]c1ccc(C(=O)N[C@H](Cc2cnc[nH]2)C(=O)OC)c(C=O)c1. The summed E-state index contributed by atoms with van der Waals surface area (Å²) < 4.78 is 4.70. The van der Waals surface area contributed by atoms with Crippen molar-refractivity contribution in [2.24, 2.45) is 0 Å². The Bertz CT molecular complexity index is 793. The summed E-state index contributed by atoms with van der Waals surface area (Å²) in [6.07, 6.45) is 3.69. The first-order chi connectivity index (χ1) is 11.6. The van der Waals surface area contributed by atoms with Gasteiger partial charge in [-0.2, -0.15) is 0 Å². The van der Waals surface area contributed by atoms with Gasteiger partial charge in [0.25, 0.3) is 12.5 Å². The summed E-state index contributed by atoms with van der Waals surface area (Å²) in [6, 6.07) is 3.35. The summed E-state index contributed by atoms with van der Waals surface area (Å²) in [7, 11) is 1.23. The number of carbonyl (C=O) groups is 3. The molecular weight excluding hydrogens is 312 g/mol. The third kappa shape index (κ3) is 3.84. The normalized spacial score (nSPS) is 11.2. The molecule has 0 aliphatic carbocycles. The fraction of sp³-hybridized carbons (Fsp3) is 0.188. The van der Waals surface area contributed by atoms with Crippen molar-refractivity contribution in [3.05, 3.63) is 52.4 Å². The Kier molecular flexibility index (Phi) is 5.41. The molecule has 0 aliphatic rings. The van der Waals surface area contributed by atoms with Gasteiger partial charge >= 0.3 is 11.7 Å². The number of benzene rings is 1. The monoisotopic (exact) mass is 327 g/mol. The first-order valence-corrected chi connectivity index (χ1v) is 6.95. The molecule has 24 heavy (non-hydrogen) atoms. The number of rotatable bonds is 6. The second kappa shape index (κ2) is 7.69. The minimum atomic E-state index is -0.929. The Morgan fingerprint density at radius 2 is 2.29 bits per heavy atom. The number of aromatic amines is 1. The van der Waals surface area contributed by atoms with Crippen molar-refractivity contribution in [1.82, 2.24) is 15.3 Å². The van der Waals surface area contributed by atoms with E-state index < -0.39 is 17.9 Å². The molecule has 8 heteroatoms. The van der Waals surface area contributed by atoms with Crippen molar-refractivity contribution >= 4 is 23.9 Å². The molecule has 8 nitrogen and oxygen atoms in total. The maximum atomic E-state index is 12.4. The van der Waals surface area contributed by atoms with Gasteiger partial charge in [0.2, 0.25) is 0 Å². The smallest absolute Gasteiger partial charge is 0.340 e. The highest BCUT2D eigenvalue weighted by Gasteiger charge is 2.24. The van der Waals surface area contributed by atoms with E-state index in [0.717, 1.165) is 0 Å². The zero-order chi connectivity index (χ0) is 17.5. The van der Waals surface area contributed by atoms with Crippen molar-refractivity contribution in [1.29, 1.82) is 0 Å². The predicted octanol–water partition coefficient (Wildman–Crippen LogP) is 1.33. The van der Waals surface area contributed by atoms with E-state index in [1.54, 1.807) is 0 Å². The molecule has 0 fully saturated rings. The molecule has 0 bridgehead atoms. The quantitative estimate of drug-likeness (QED) is 0.615. The van der Waals surface area contributed by atoms with Gasteiger partial charge in [-0.3, -0.25) is 9.59 Å². The molecule has 0 unspecified atom stereocenters. The number of hydrogen-bond acceptors (Lipinski definition) is 5. The van der Waals surface area contributed by atoms with E-state index in [4.69, 9.17) is 11.3 Å². The lowest BCUT2D eigenvalue weighted by Crippen LogP contribution is -2.43. The minimum absolute atomic E-state index is 0.107. The third-order valence-corrected chi connectivity index (χ3v) is 3.33. The zero-order valence-electron chi connectivity index (χ0n) is 12.9. The number of esters is 1. The van der Waals surface area contributed by atoms with E-state index in [-0.39, 0.29) is 17.5 Å². The number of H-pyrrole nitrogens is 1. The number of imidazole rings is 1. The largest absolute Gasteiger partial charge is 0.467 e. The fourth-order valence-electron chi connectivity index (χ4n) is 2.12. The lowest BCUT2D eigenvalue weighted by molar-refractivity contribution is -0.142. The van der Waals surface area contributed by atoms with Crippen molar-refractivity contribution < 1.29 is 19.1 Å². The molecule has 1 atom stereocenters. The van der Waals surface area contributed by atoms with Crippen LogP contribution in [0.5, 0.6) is 0 Å². The number of methoxy groups -OCH3 is 1. The van der Waals surface area contributed by atoms with Gasteiger partial charge in [0.1, 0.15) is 6.04 Å². The van der Waals surface area contributed by atoms with Crippen LogP contribution in [-0.4, -0.2) is 41.3 Å². The van der Waals surface area contributed by atoms with Crippen LogP contribution >= 0.6 is 0 Å². The average Bonchev–Trinajstić information content (AvgIpc) is 3.12. The molecule has 2 rings (SSSR count). The summed E-state index contributed by atoms with van der Waals surface area (Å²) in [4.78, 5) is 45.6. The van der Waals surface area contributed by atoms with Crippen LogP contribution in [0.25, 0.3) is 4.85 Å². The van der Waals surface area contributed by atoms with Crippen LogP contribution in [0.2, 0.25) is 0 Å². The Morgan fingerprint density at radius 1 is 1.50 bits per heavy atom. The Labute approximate surface area is 137 Å². The van der Waals surface area contributed by atoms with Gasteiger partial charge in [-0.15, -0.1) is 0 Å². The van der Waals surface area contributed by atoms with E-state index in [1.165, 1.54) is 37.8 Å². The highest BCUT2D eigenvalue weighted by molar-refractivity contribution is 6.03.